The van der Waals surface area contributed by atoms with Crippen LogP contribution in [0.4, 0.5) is 0 Å². The van der Waals surface area contributed by atoms with E-state index >= 15 is 0 Å². The third-order valence-corrected chi connectivity index (χ3v) is 5.76. The Balaban J connectivity index is 2.07. The first-order valence-electron chi connectivity index (χ1n) is 9.39. The van der Waals surface area contributed by atoms with Crippen molar-refractivity contribution in [1.29, 1.82) is 0 Å². The van der Waals surface area contributed by atoms with Gasteiger partial charge in [0.15, 0.2) is 0 Å². The Morgan fingerprint density at radius 1 is 1.29 bits per heavy atom. The molecule has 2 rings (SSSR count). The minimum Gasteiger partial charge on any atom is -0.467 e. The number of amides is 1. The predicted molar refractivity (Wildman–Crippen MR) is 108 cm³/mol. The second kappa shape index (κ2) is 11.0. The van der Waals surface area contributed by atoms with E-state index in [0.717, 1.165) is 12.0 Å². The molecule has 1 fully saturated rings. The summed E-state index contributed by atoms with van der Waals surface area (Å²) < 4.78 is 10.5. The smallest absolute Gasteiger partial charge is 0.328 e. The number of halogens is 2. The van der Waals surface area contributed by atoms with Crippen molar-refractivity contribution in [2.45, 2.75) is 55.2 Å². The maximum atomic E-state index is 12.8. The molecule has 2 N–H and O–H groups in total. The molecule has 1 aliphatic carbocycles. The molecular formula is C20H27Cl2NO5. The topological polar surface area (TPSA) is 84.9 Å². The second-order valence-electron chi connectivity index (χ2n) is 6.90. The molecule has 1 aromatic carbocycles. The number of aliphatic hydroxyl groups excluding tert-OH is 1. The lowest BCUT2D eigenvalue weighted by atomic mass is 9.83. The van der Waals surface area contributed by atoms with E-state index in [4.69, 9.17) is 32.7 Å². The van der Waals surface area contributed by atoms with Crippen LogP contribution in [0.2, 0.25) is 0 Å². The monoisotopic (exact) mass is 431 g/mol. The summed E-state index contributed by atoms with van der Waals surface area (Å²) in [6.45, 7) is 2.43. The summed E-state index contributed by atoms with van der Waals surface area (Å²) >= 11 is 12.7. The van der Waals surface area contributed by atoms with Gasteiger partial charge in [-0.3, -0.25) is 4.79 Å². The predicted octanol–water partition coefficient (Wildman–Crippen LogP) is 2.28. The number of hydrogen-bond donors (Lipinski definition) is 2. The Morgan fingerprint density at radius 3 is 2.57 bits per heavy atom. The van der Waals surface area contributed by atoms with Crippen molar-refractivity contribution in [2.75, 3.05) is 13.7 Å². The number of aliphatic hydroxyl groups is 1. The molecule has 0 aromatic heterocycles. The summed E-state index contributed by atoms with van der Waals surface area (Å²) in [5, 5.41) is 11.9. The van der Waals surface area contributed by atoms with Crippen molar-refractivity contribution in [3.63, 3.8) is 0 Å². The van der Waals surface area contributed by atoms with Crippen LogP contribution in [-0.4, -0.2) is 59.7 Å². The number of alkyl halides is 2. The maximum Gasteiger partial charge on any atom is 0.328 e. The van der Waals surface area contributed by atoms with Crippen LogP contribution in [0.3, 0.4) is 0 Å². The van der Waals surface area contributed by atoms with Gasteiger partial charge in [0, 0.05) is 13.0 Å². The molecule has 0 aliphatic heterocycles. The molecule has 8 heteroatoms. The molecule has 5 unspecified atom stereocenters. The molecule has 28 heavy (non-hydrogen) atoms. The van der Waals surface area contributed by atoms with Crippen LogP contribution in [0.1, 0.15) is 25.3 Å². The number of methoxy groups -OCH3 is 1. The van der Waals surface area contributed by atoms with Gasteiger partial charge in [0.05, 0.1) is 36.0 Å². The van der Waals surface area contributed by atoms with Gasteiger partial charge in [-0.2, -0.15) is 0 Å². The number of hydrogen-bond acceptors (Lipinski definition) is 5. The highest BCUT2D eigenvalue weighted by Crippen LogP contribution is 2.34. The molecule has 6 nitrogen and oxygen atoms in total. The molecule has 1 amide bonds. The summed E-state index contributed by atoms with van der Waals surface area (Å²) in [6.07, 6.45) is -0.398. The van der Waals surface area contributed by atoms with Crippen LogP contribution in [0.5, 0.6) is 0 Å². The minimum atomic E-state index is -1.13. The zero-order valence-corrected chi connectivity index (χ0v) is 17.5. The number of carbonyl (C=O) groups excluding carboxylic acids is 2. The largest absolute Gasteiger partial charge is 0.467 e. The second-order valence-corrected chi connectivity index (χ2v) is 7.97. The maximum absolute atomic E-state index is 12.8. The Hall–Kier alpha value is -1.34. The van der Waals surface area contributed by atoms with Crippen molar-refractivity contribution >= 4 is 35.1 Å². The van der Waals surface area contributed by atoms with Crippen molar-refractivity contribution < 1.29 is 24.2 Å². The van der Waals surface area contributed by atoms with Gasteiger partial charge in [-0.05, 0) is 18.4 Å². The normalized spacial score (nSPS) is 28.4. The van der Waals surface area contributed by atoms with Gasteiger partial charge >= 0.3 is 5.97 Å². The Labute approximate surface area is 175 Å². The zero-order valence-electron chi connectivity index (χ0n) is 16.0. The van der Waals surface area contributed by atoms with Crippen LogP contribution in [-0.2, 0) is 25.5 Å². The van der Waals surface area contributed by atoms with Gasteiger partial charge in [0.1, 0.15) is 6.04 Å². The highest BCUT2D eigenvalue weighted by molar-refractivity contribution is 6.25. The number of rotatable bonds is 8. The minimum absolute atomic E-state index is 0.200. The van der Waals surface area contributed by atoms with E-state index in [0.29, 0.717) is 6.61 Å². The van der Waals surface area contributed by atoms with Gasteiger partial charge in [-0.15, -0.1) is 23.2 Å². The van der Waals surface area contributed by atoms with Crippen LogP contribution >= 0.6 is 23.2 Å². The van der Waals surface area contributed by atoms with E-state index in [9.17, 15) is 14.7 Å². The molecule has 1 aromatic rings. The van der Waals surface area contributed by atoms with Crippen LogP contribution in [0.15, 0.2) is 30.3 Å². The van der Waals surface area contributed by atoms with E-state index in [2.05, 4.69) is 5.32 Å². The van der Waals surface area contributed by atoms with E-state index < -0.39 is 46.8 Å². The highest BCUT2D eigenvalue weighted by atomic mass is 35.5. The first kappa shape index (κ1) is 22.9. The Bertz CT molecular complexity index is 645. The average Bonchev–Trinajstić information content (AvgIpc) is 2.70. The van der Waals surface area contributed by atoms with Crippen LogP contribution in [0, 0.1) is 5.92 Å². The van der Waals surface area contributed by atoms with Gasteiger partial charge in [-0.25, -0.2) is 4.79 Å². The van der Waals surface area contributed by atoms with E-state index in [1.807, 2.05) is 37.3 Å². The lowest BCUT2D eigenvalue weighted by Crippen LogP contribution is -2.56. The third-order valence-electron chi connectivity index (χ3n) is 4.82. The van der Waals surface area contributed by atoms with Gasteiger partial charge in [0.2, 0.25) is 5.91 Å². The fourth-order valence-corrected chi connectivity index (χ4v) is 4.23. The third kappa shape index (κ3) is 5.83. The number of esters is 1. The lowest BCUT2D eigenvalue weighted by molar-refractivity contribution is -0.147. The number of ether oxygens (including phenoxy) is 2. The van der Waals surface area contributed by atoms with Crippen molar-refractivity contribution in [1.82, 2.24) is 5.32 Å². The van der Waals surface area contributed by atoms with Crippen molar-refractivity contribution in [2.24, 2.45) is 5.92 Å². The van der Waals surface area contributed by atoms with E-state index in [1.54, 1.807) is 0 Å². The number of carbonyl (C=O) groups is 2. The summed E-state index contributed by atoms with van der Waals surface area (Å²) in [5.74, 6) is -1.88. The fraction of sp³-hybridized carbons (Fsp3) is 0.600. The average molecular weight is 432 g/mol. The summed E-state index contributed by atoms with van der Waals surface area (Å²) in [5.41, 5.74) is 0.876. The van der Waals surface area contributed by atoms with Gasteiger partial charge in [-0.1, -0.05) is 37.3 Å². The molecule has 1 aliphatic rings. The molecular weight excluding hydrogens is 405 g/mol. The zero-order chi connectivity index (χ0) is 20.7. The highest BCUT2D eigenvalue weighted by Gasteiger charge is 2.46. The molecule has 0 bridgehead atoms. The molecule has 156 valence electrons. The Morgan fingerprint density at radius 2 is 1.96 bits per heavy atom. The lowest BCUT2D eigenvalue weighted by Gasteiger charge is -2.39. The molecule has 0 spiro atoms. The number of benzene rings is 1. The fourth-order valence-electron chi connectivity index (χ4n) is 3.31. The molecule has 0 saturated heterocycles. The van der Waals surface area contributed by atoms with Crippen molar-refractivity contribution in [3.05, 3.63) is 35.9 Å². The SMILES string of the molecule is CCCOC1C(Cl)CC(C(=O)N[C@@H](Cc2ccccc2)C(=O)OC)C(O)C1Cl. The van der Waals surface area contributed by atoms with Crippen molar-refractivity contribution in [3.8, 4) is 0 Å². The number of nitrogens with one attached hydrogen (secondary N) is 1. The summed E-state index contributed by atoms with van der Waals surface area (Å²) in [4.78, 5) is 24.9. The quantitative estimate of drug-likeness (QED) is 0.487. The molecule has 1 saturated carbocycles. The molecule has 0 radical (unpaired) electrons. The van der Waals surface area contributed by atoms with Gasteiger partial charge < -0.3 is 19.9 Å². The van der Waals surface area contributed by atoms with Crippen LogP contribution in [0.25, 0.3) is 0 Å². The van der Waals surface area contributed by atoms with E-state index in [-0.39, 0.29) is 12.8 Å². The molecule has 0 heterocycles. The summed E-state index contributed by atoms with van der Waals surface area (Å²) in [7, 11) is 1.27. The Kier molecular flexibility index (Phi) is 9.02. The first-order chi connectivity index (χ1) is 13.4. The first-order valence-corrected chi connectivity index (χ1v) is 10.3. The standard InChI is InChI=1S/C20H27Cl2NO5/c1-3-9-28-18-14(21)11-13(17(24)16(18)22)19(25)23-15(20(26)27-2)10-12-7-5-4-6-8-12/h4-8,13-18,24H,3,9-11H2,1-2H3,(H,23,25)/t13?,14?,15-,16?,17?,18?/m0/s1. The van der Waals surface area contributed by atoms with Crippen LogP contribution < -0.4 is 5.32 Å². The van der Waals surface area contributed by atoms with Gasteiger partial charge in [0.25, 0.3) is 0 Å². The summed E-state index contributed by atoms with van der Waals surface area (Å²) in [6, 6.07) is 8.41. The molecule has 6 atom stereocenters. The van der Waals surface area contributed by atoms with E-state index in [1.165, 1.54) is 7.11 Å².